The first-order valence-electron chi connectivity index (χ1n) is 11.8. The average molecular weight is 463 g/mol. The fourth-order valence-electron chi connectivity index (χ4n) is 4.16. The number of rotatable bonds is 5. The van der Waals surface area contributed by atoms with Crippen LogP contribution in [0.5, 0.6) is 0 Å². The smallest absolute Gasteiger partial charge is 0.197 e. The number of nitrogens with zero attached hydrogens (tertiary/aromatic N) is 4. The molecule has 0 radical (unpaired) electrons. The molecule has 4 aromatic carbocycles. The summed E-state index contributed by atoms with van der Waals surface area (Å²) < 4.78 is 0. The fraction of sp³-hybridized carbons (Fsp3) is 0. The lowest BCUT2D eigenvalue weighted by Crippen LogP contribution is -1.95. The summed E-state index contributed by atoms with van der Waals surface area (Å²) in [6.45, 7) is 0. The molecule has 0 aliphatic heterocycles. The predicted octanol–water partition coefficient (Wildman–Crippen LogP) is 7.60. The SMILES string of the molecule is c1ccc(-c2ccc(-c3cnc(-c4ncc(-c5ccc(-c6ccccc6)cc5)cn4)nc3)cc2)cc1. The van der Waals surface area contributed by atoms with Crippen molar-refractivity contribution >= 4 is 0 Å². The first kappa shape index (κ1) is 21.6. The molecule has 36 heavy (non-hydrogen) atoms. The van der Waals surface area contributed by atoms with Crippen LogP contribution in [0.2, 0.25) is 0 Å². The molecule has 0 bridgehead atoms. The largest absolute Gasteiger partial charge is 0.233 e. The van der Waals surface area contributed by atoms with Crippen molar-refractivity contribution in [2.75, 3.05) is 0 Å². The molecule has 6 aromatic rings. The van der Waals surface area contributed by atoms with Gasteiger partial charge in [-0.15, -0.1) is 0 Å². The molecule has 2 aromatic heterocycles. The van der Waals surface area contributed by atoms with Crippen molar-refractivity contribution in [3.63, 3.8) is 0 Å². The third kappa shape index (κ3) is 4.52. The molecule has 0 atom stereocenters. The van der Waals surface area contributed by atoms with Gasteiger partial charge < -0.3 is 0 Å². The molecule has 0 aliphatic rings. The minimum absolute atomic E-state index is 0.505. The highest BCUT2D eigenvalue weighted by atomic mass is 15.0. The van der Waals surface area contributed by atoms with Crippen molar-refractivity contribution in [2.45, 2.75) is 0 Å². The van der Waals surface area contributed by atoms with Crippen LogP contribution in [-0.2, 0) is 0 Å². The summed E-state index contributed by atoms with van der Waals surface area (Å²) in [6, 6.07) is 37.5. The van der Waals surface area contributed by atoms with Gasteiger partial charge in [0.25, 0.3) is 0 Å². The highest BCUT2D eigenvalue weighted by Gasteiger charge is 2.08. The molecular formula is C32H22N4. The Bertz CT molecular complexity index is 1440. The van der Waals surface area contributed by atoms with Gasteiger partial charge in [-0.3, -0.25) is 0 Å². The topological polar surface area (TPSA) is 51.6 Å². The zero-order valence-corrected chi connectivity index (χ0v) is 19.5. The predicted molar refractivity (Wildman–Crippen MR) is 145 cm³/mol. The Kier molecular flexibility index (Phi) is 5.83. The standard InChI is InChI=1S/C32H22N4/c1-3-7-23(8-4-1)25-11-15-27(16-12-25)29-19-33-31(34-20-29)32-35-21-30(22-36-32)28-17-13-26(14-18-28)24-9-5-2-6-10-24/h1-22H. The highest BCUT2D eigenvalue weighted by Crippen LogP contribution is 2.26. The lowest BCUT2D eigenvalue weighted by molar-refractivity contribution is 1.08. The number of benzene rings is 4. The molecule has 6 rings (SSSR count). The zero-order valence-electron chi connectivity index (χ0n) is 19.5. The van der Waals surface area contributed by atoms with Crippen LogP contribution < -0.4 is 0 Å². The van der Waals surface area contributed by atoms with Gasteiger partial charge >= 0.3 is 0 Å². The van der Waals surface area contributed by atoms with E-state index in [1.165, 1.54) is 22.3 Å². The highest BCUT2D eigenvalue weighted by molar-refractivity contribution is 5.71. The second-order valence-electron chi connectivity index (χ2n) is 8.48. The molecule has 0 spiro atoms. The number of aromatic nitrogens is 4. The van der Waals surface area contributed by atoms with Gasteiger partial charge in [0, 0.05) is 35.9 Å². The van der Waals surface area contributed by atoms with Crippen molar-refractivity contribution in [3.8, 4) is 56.2 Å². The Labute approximate surface area is 210 Å². The monoisotopic (exact) mass is 462 g/mol. The molecule has 170 valence electrons. The second-order valence-corrected chi connectivity index (χ2v) is 8.48. The first-order valence-corrected chi connectivity index (χ1v) is 11.8. The summed E-state index contributed by atoms with van der Waals surface area (Å²) in [5.41, 5.74) is 8.79. The van der Waals surface area contributed by atoms with Crippen LogP contribution in [0, 0.1) is 0 Å². The molecule has 0 saturated carbocycles. The maximum atomic E-state index is 4.52. The van der Waals surface area contributed by atoms with Gasteiger partial charge in [-0.25, -0.2) is 19.9 Å². The van der Waals surface area contributed by atoms with E-state index in [2.05, 4.69) is 92.7 Å². The third-order valence-corrected chi connectivity index (χ3v) is 6.15. The van der Waals surface area contributed by atoms with Crippen molar-refractivity contribution in [3.05, 3.63) is 134 Å². The van der Waals surface area contributed by atoms with Gasteiger partial charge in [-0.1, -0.05) is 109 Å². The quantitative estimate of drug-likeness (QED) is 0.265. The number of hydrogen-bond acceptors (Lipinski definition) is 4. The molecule has 0 aliphatic carbocycles. The van der Waals surface area contributed by atoms with Crippen LogP contribution in [0.25, 0.3) is 56.2 Å². The molecule has 4 nitrogen and oxygen atoms in total. The summed E-state index contributed by atoms with van der Waals surface area (Å²) in [7, 11) is 0. The van der Waals surface area contributed by atoms with Gasteiger partial charge in [0.1, 0.15) is 0 Å². The van der Waals surface area contributed by atoms with E-state index in [4.69, 9.17) is 0 Å². The van der Waals surface area contributed by atoms with Gasteiger partial charge in [0.05, 0.1) is 0 Å². The van der Waals surface area contributed by atoms with E-state index in [1.807, 2.05) is 61.2 Å². The third-order valence-electron chi connectivity index (χ3n) is 6.15. The van der Waals surface area contributed by atoms with Crippen LogP contribution in [-0.4, -0.2) is 19.9 Å². The van der Waals surface area contributed by atoms with Crippen LogP contribution >= 0.6 is 0 Å². The number of hydrogen-bond donors (Lipinski definition) is 0. The summed E-state index contributed by atoms with van der Waals surface area (Å²) in [5, 5.41) is 0. The van der Waals surface area contributed by atoms with Gasteiger partial charge in [-0.05, 0) is 33.4 Å². The van der Waals surface area contributed by atoms with E-state index < -0.39 is 0 Å². The van der Waals surface area contributed by atoms with E-state index in [-0.39, 0.29) is 0 Å². The first-order chi connectivity index (χ1) is 17.8. The Balaban J connectivity index is 1.17. The average Bonchev–Trinajstić information content (AvgIpc) is 2.98. The molecule has 0 fully saturated rings. The molecule has 0 N–H and O–H groups in total. The minimum Gasteiger partial charge on any atom is -0.233 e. The fourth-order valence-corrected chi connectivity index (χ4v) is 4.16. The maximum absolute atomic E-state index is 4.52. The van der Waals surface area contributed by atoms with Crippen molar-refractivity contribution in [1.29, 1.82) is 0 Å². The molecule has 0 saturated heterocycles. The lowest BCUT2D eigenvalue weighted by atomic mass is 10.0. The summed E-state index contributed by atoms with van der Waals surface area (Å²) in [5.74, 6) is 1.01. The van der Waals surface area contributed by atoms with Crippen LogP contribution in [0.4, 0.5) is 0 Å². The molecule has 4 heteroatoms. The van der Waals surface area contributed by atoms with E-state index in [9.17, 15) is 0 Å². The second kappa shape index (κ2) is 9.72. The molecule has 0 unspecified atom stereocenters. The lowest BCUT2D eigenvalue weighted by Gasteiger charge is -2.06. The van der Waals surface area contributed by atoms with Gasteiger partial charge in [-0.2, -0.15) is 0 Å². The van der Waals surface area contributed by atoms with E-state index in [0.29, 0.717) is 11.6 Å². The van der Waals surface area contributed by atoms with Crippen LogP contribution in [0.1, 0.15) is 0 Å². The zero-order chi connectivity index (χ0) is 24.2. The summed E-state index contributed by atoms with van der Waals surface area (Å²) >= 11 is 0. The van der Waals surface area contributed by atoms with Gasteiger partial charge in [0.2, 0.25) is 0 Å². The van der Waals surface area contributed by atoms with Gasteiger partial charge in [0.15, 0.2) is 11.6 Å². The Morgan fingerprint density at radius 2 is 0.500 bits per heavy atom. The minimum atomic E-state index is 0.505. The Morgan fingerprint density at radius 1 is 0.250 bits per heavy atom. The Hall–Kier alpha value is -4.96. The van der Waals surface area contributed by atoms with Crippen molar-refractivity contribution in [2.24, 2.45) is 0 Å². The summed E-state index contributed by atoms with van der Waals surface area (Å²) in [6.07, 6.45) is 7.28. The normalized spacial score (nSPS) is 10.8. The maximum Gasteiger partial charge on any atom is 0.197 e. The van der Waals surface area contributed by atoms with E-state index in [1.54, 1.807) is 0 Å². The molecule has 0 amide bonds. The van der Waals surface area contributed by atoms with Crippen LogP contribution in [0.15, 0.2) is 134 Å². The van der Waals surface area contributed by atoms with E-state index >= 15 is 0 Å². The molecular weight excluding hydrogens is 440 g/mol. The summed E-state index contributed by atoms with van der Waals surface area (Å²) in [4.78, 5) is 18.1. The van der Waals surface area contributed by atoms with Crippen molar-refractivity contribution < 1.29 is 0 Å². The van der Waals surface area contributed by atoms with Crippen molar-refractivity contribution in [1.82, 2.24) is 19.9 Å². The Morgan fingerprint density at radius 3 is 0.806 bits per heavy atom. The molecule has 2 heterocycles. The van der Waals surface area contributed by atoms with Crippen LogP contribution in [0.3, 0.4) is 0 Å². The van der Waals surface area contributed by atoms with E-state index in [0.717, 1.165) is 22.3 Å².